The Balaban J connectivity index is 1.65. The van der Waals surface area contributed by atoms with Crippen molar-refractivity contribution in [3.05, 3.63) is 61.7 Å². The summed E-state index contributed by atoms with van der Waals surface area (Å²) in [5.74, 6) is 1.11. The van der Waals surface area contributed by atoms with E-state index in [1.807, 2.05) is 37.3 Å². The molecule has 5 nitrogen and oxygen atoms in total. The third-order valence-electron chi connectivity index (χ3n) is 3.40. The van der Waals surface area contributed by atoms with Crippen molar-refractivity contribution in [3.8, 4) is 11.5 Å². The van der Waals surface area contributed by atoms with Gasteiger partial charge in [-0.2, -0.15) is 5.10 Å². The highest BCUT2D eigenvalue weighted by atomic mass is 127. The summed E-state index contributed by atoms with van der Waals surface area (Å²) in [7, 11) is 0. The highest BCUT2D eigenvalue weighted by Gasteiger charge is 2.12. The maximum Gasteiger partial charge on any atom is 0.272 e. The Morgan fingerprint density at radius 1 is 1.24 bits per heavy atom. The molecule has 0 atom stereocenters. The van der Waals surface area contributed by atoms with Crippen LogP contribution in [-0.4, -0.2) is 18.9 Å². The second-order valence-corrected chi connectivity index (χ2v) is 6.98. The van der Waals surface area contributed by atoms with Crippen LogP contribution in [0.5, 0.6) is 11.5 Å². The van der Waals surface area contributed by atoms with Gasteiger partial charge >= 0.3 is 0 Å². The maximum absolute atomic E-state index is 12.1. The van der Waals surface area contributed by atoms with Crippen LogP contribution in [0.4, 0.5) is 0 Å². The average molecular weight is 469 g/mol. The van der Waals surface area contributed by atoms with E-state index in [0.717, 1.165) is 26.2 Å². The molecular formula is C18H14ClIN2O3. The minimum atomic E-state index is -0.351. The lowest BCUT2D eigenvalue weighted by molar-refractivity contribution is 0.0955. The second kappa shape index (κ2) is 7.88. The van der Waals surface area contributed by atoms with Crippen molar-refractivity contribution in [2.45, 2.75) is 6.92 Å². The number of amides is 1. The topological polar surface area (TPSA) is 59.9 Å². The van der Waals surface area contributed by atoms with Gasteiger partial charge in [-0.15, -0.1) is 0 Å². The Labute approximate surface area is 163 Å². The fraction of sp³-hybridized carbons (Fsp3) is 0.111. The van der Waals surface area contributed by atoms with Crippen LogP contribution in [0.15, 0.2) is 47.1 Å². The van der Waals surface area contributed by atoms with Crippen LogP contribution in [0.25, 0.3) is 6.08 Å². The Morgan fingerprint density at radius 3 is 2.88 bits per heavy atom. The van der Waals surface area contributed by atoms with Gasteiger partial charge in [-0.1, -0.05) is 23.7 Å². The van der Waals surface area contributed by atoms with Crippen molar-refractivity contribution in [1.82, 2.24) is 5.43 Å². The number of hydrazone groups is 1. The molecule has 0 spiro atoms. The zero-order valence-electron chi connectivity index (χ0n) is 13.3. The van der Waals surface area contributed by atoms with E-state index in [-0.39, 0.29) is 12.7 Å². The number of halogens is 2. The van der Waals surface area contributed by atoms with E-state index < -0.39 is 0 Å². The summed E-state index contributed by atoms with van der Waals surface area (Å²) in [5.41, 5.74) is 4.70. The third-order valence-corrected chi connectivity index (χ3v) is 4.40. The number of hydrogen-bond acceptors (Lipinski definition) is 4. The molecule has 0 radical (unpaired) electrons. The molecule has 0 aliphatic carbocycles. The standard InChI is InChI=1S/C18H14ClIN2O3/c1-11(6-12-2-5-16-17(7-12)25-10-24-16)9-21-22-18(23)14-8-13(20)3-4-15(14)19/h2-9H,10H2,1H3,(H,22,23). The summed E-state index contributed by atoms with van der Waals surface area (Å²) in [5, 5.41) is 4.37. The fourth-order valence-corrected chi connectivity index (χ4v) is 2.92. The molecule has 0 aromatic heterocycles. The van der Waals surface area contributed by atoms with E-state index in [1.54, 1.807) is 18.3 Å². The largest absolute Gasteiger partial charge is 0.454 e. The van der Waals surface area contributed by atoms with E-state index in [4.69, 9.17) is 21.1 Å². The van der Waals surface area contributed by atoms with Gasteiger partial charge in [0.2, 0.25) is 6.79 Å². The molecule has 1 heterocycles. The minimum absolute atomic E-state index is 0.246. The summed E-state index contributed by atoms with van der Waals surface area (Å²) in [6.45, 7) is 2.13. The molecule has 0 saturated heterocycles. The number of nitrogens with zero attached hydrogens (tertiary/aromatic N) is 1. The highest BCUT2D eigenvalue weighted by Crippen LogP contribution is 2.33. The van der Waals surface area contributed by atoms with Gasteiger partial charge in [-0.25, -0.2) is 5.43 Å². The number of carbonyl (C=O) groups is 1. The van der Waals surface area contributed by atoms with Crippen LogP contribution < -0.4 is 14.9 Å². The lowest BCUT2D eigenvalue weighted by Crippen LogP contribution is -2.18. The average Bonchev–Trinajstić information content (AvgIpc) is 3.04. The van der Waals surface area contributed by atoms with Crippen molar-refractivity contribution >= 4 is 52.4 Å². The number of carbonyl (C=O) groups excluding carboxylic acids is 1. The summed E-state index contributed by atoms with van der Waals surface area (Å²) in [6, 6.07) is 10.9. The van der Waals surface area contributed by atoms with Crippen molar-refractivity contribution in [2.75, 3.05) is 6.79 Å². The van der Waals surface area contributed by atoms with Gasteiger partial charge in [0.1, 0.15) is 0 Å². The predicted octanol–water partition coefficient (Wildman–Crippen LogP) is 4.49. The van der Waals surface area contributed by atoms with Crippen LogP contribution in [0, 0.1) is 3.57 Å². The first-order chi connectivity index (χ1) is 12.0. The zero-order valence-corrected chi connectivity index (χ0v) is 16.2. The van der Waals surface area contributed by atoms with E-state index in [0.29, 0.717) is 10.6 Å². The molecule has 1 aliphatic rings. The minimum Gasteiger partial charge on any atom is -0.454 e. The van der Waals surface area contributed by atoms with Crippen LogP contribution >= 0.6 is 34.2 Å². The lowest BCUT2D eigenvalue weighted by atomic mass is 10.1. The first-order valence-electron chi connectivity index (χ1n) is 7.39. The summed E-state index contributed by atoms with van der Waals surface area (Å²) in [4.78, 5) is 12.1. The van der Waals surface area contributed by atoms with Crippen molar-refractivity contribution in [1.29, 1.82) is 0 Å². The number of hydrogen-bond donors (Lipinski definition) is 1. The number of allylic oxidation sites excluding steroid dienone is 1. The number of rotatable bonds is 4. The number of ether oxygens (including phenoxy) is 2. The molecule has 2 aromatic carbocycles. The molecule has 25 heavy (non-hydrogen) atoms. The van der Waals surface area contributed by atoms with Crippen LogP contribution in [0.1, 0.15) is 22.8 Å². The fourth-order valence-electron chi connectivity index (χ4n) is 2.23. The van der Waals surface area contributed by atoms with Gasteiger partial charge in [0.25, 0.3) is 5.91 Å². The smallest absolute Gasteiger partial charge is 0.272 e. The summed E-state index contributed by atoms with van der Waals surface area (Å²) < 4.78 is 11.6. The van der Waals surface area contributed by atoms with Crippen LogP contribution in [0.3, 0.4) is 0 Å². The molecular weight excluding hydrogens is 455 g/mol. The van der Waals surface area contributed by atoms with E-state index in [2.05, 4.69) is 33.1 Å². The summed E-state index contributed by atoms with van der Waals surface area (Å²) in [6.07, 6.45) is 3.50. The molecule has 1 N–H and O–H groups in total. The molecule has 128 valence electrons. The first-order valence-corrected chi connectivity index (χ1v) is 8.85. The first kappa shape index (κ1) is 17.8. The molecule has 0 saturated carbocycles. The predicted molar refractivity (Wildman–Crippen MR) is 106 cm³/mol. The quantitative estimate of drug-likeness (QED) is 0.409. The molecule has 2 aromatic rings. The SMILES string of the molecule is CC(C=NNC(=O)c1cc(I)ccc1Cl)=Cc1ccc2c(c1)OCO2. The Bertz CT molecular complexity index is 881. The molecule has 3 rings (SSSR count). The van der Waals surface area contributed by atoms with E-state index in [9.17, 15) is 4.79 Å². The number of nitrogens with one attached hydrogen (secondary N) is 1. The third kappa shape index (κ3) is 4.52. The lowest BCUT2D eigenvalue weighted by Gasteiger charge is -2.03. The van der Waals surface area contributed by atoms with Gasteiger partial charge in [0.15, 0.2) is 11.5 Å². The maximum atomic E-state index is 12.1. The van der Waals surface area contributed by atoms with E-state index >= 15 is 0 Å². The Hall–Kier alpha value is -2.06. The van der Waals surface area contributed by atoms with Crippen LogP contribution in [-0.2, 0) is 0 Å². The van der Waals surface area contributed by atoms with Gasteiger partial charge in [0, 0.05) is 3.57 Å². The van der Waals surface area contributed by atoms with Gasteiger partial charge in [-0.05, 0) is 71.0 Å². The molecule has 7 heteroatoms. The molecule has 1 aliphatic heterocycles. The van der Waals surface area contributed by atoms with Crippen LogP contribution in [0.2, 0.25) is 5.02 Å². The molecule has 0 bridgehead atoms. The normalized spacial score (nSPS) is 13.3. The highest BCUT2D eigenvalue weighted by molar-refractivity contribution is 14.1. The van der Waals surface area contributed by atoms with E-state index in [1.165, 1.54) is 0 Å². The van der Waals surface area contributed by atoms with Crippen molar-refractivity contribution in [3.63, 3.8) is 0 Å². The number of fused-ring (bicyclic) bond motifs is 1. The zero-order chi connectivity index (χ0) is 17.8. The second-order valence-electron chi connectivity index (χ2n) is 5.32. The van der Waals surface area contributed by atoms with Gasteiger partial charge < -0.3 is 9.47 Å². The van der Waals surface area contributed by atoms with Gasteiger partial charge in [-0.3, -0.25) is 4.79 Å². The Morgan fingerprint density at radius 2 is 2.04 bits per heavy atom. The van der Waals surface area contributed by atoms with Gasteiger partial charge in [0.05, 0.1) is 16.8 Å². The molecule has 0 unspecified atom stereocenters. The summed E-state index contributed by atoms with van der Waals surface area (Å²) >= 11 is 8.16. The van der Waals surface area contributed by atoms with Crippen molar-refractivity contribution in [2.24, 2.45) is 5.10 Å². The number of benzene rings is 2. The monoisotopic (exact) mass is 468 g/mol. The van der Waals surface area contributed by atoms with Crippen molar-refractivity contribution < 1.29 is 14.3 Å². The molecule has 1 amide bonds. The Kier molecular flexibility index (Phi) is 5.60. The molecule has 0 fully saturated rings.